The van der Waals surface area contributed by atoms with E-state index in [9.17, 15) is 21.6 Å². The molecule has 27 heavy (non-hydrogen) atoms. The van der Waals surface area contributed by atoms with Gasteiger partial charge in [0.05, 0.1) is 26.5 Å². The zero-order valence-electron chi connectivity index (χ0n) is 13.9. The van der Waals surface area contributed by atoms with E-state index in [1.165, 1.54) is 42.5 Å². The van der Waals surface area contributed by atoms with E-state index in [2.05, 4.69) is 19.4 Å². The third kappa shape index (κ3) is 3.75. The Morgan fingerprint density at radius 2 is 1.56 bits per heavy atom. The predicted octanol–water partition coefficient (Wildman–Crippen LogP) is 1.10. The summed E-state index contributed by atoms with van der Waals surface area (Å²) in [5, 5.41) is 0. The average molecular weight is 408 g/mol. The minimum absolute atomic E-state index is 0.0139. The van der Waals surface area contributed by atoms with E-state index in [1.807, 2.05) is 0 Å². The van der Waals surface area contributed by atoms with Crippen molar-refractivity contribution in [2.75, 3.05) is 4.72 Å². The van der Waals surface area contributed by atoms with E-state index in [1.54, 1.807) is 0 Å². The fourth-order valence-electron chi connectivity index (χ4n) is 2.61. The molecule has 11 heteroatoms. The van der Waals surface area contributed by atoms with Gasteiger partial charge >= 0.3 is 5.69 Å². The first kappa shape index (κ1) is 17.8. The first-order valence-corrected chi connectivity index (χ1v) is 11.1. The molecule has 0 unspecified atom stereocenters. The largest absolute Gasteiger partial charge is 0.323 e. The number of nitrogens with one attached hydrogen (secondary N) is 4. The molecule has 1 aromatic heterocycles. The predicted molar refractivity (Wildman–Crippen MR) is 99.5 cm³/mol. The fourth-order valence-corrected chi connectivity index (χ4v) is 5.03. The molecule has 142 valence electrons. The van der Waals surface area contributed by atoms with Gasteiger partial charge in [-0.05, 0) is 49.2 Å². The third-order valence-corrected chi connectivity index (χ3v) is 6.99. The monoisotopic (exact) mass is 408 g/mol. The Bertz CT molecular complexity index is 1290. The highest BCUT2D eigenvalue weighted by Gasteiger charge is 2.28. The molecule has 1 aliphatic rings. The van der Waals surface area contributed by atoms with Gasteiger partial charge in [-0.2, -0.15) is 0 Å². The molecule has 0 spiro atoms. The highest BCUT2D eigenvalue weighted by atomic mass is 32.2. The molecule has 0 atom stereocenters. The van der Waals surface area contributed by atoms with Crippen LogP contribution < -0.4 is 15.1 Å². The normalized spacial score (nSPS) is 15.1. The molecule has 1 fully saturated rings. The second-order valence-corrected chi connectivity index (χ2v) is 9.71. The van der Waals surface area contributed by atoms with Gasteiger partial charge in [0.25, 0.3) is 10.0 Å². The van der Waals surface area contributed by atoms with Gasteiger partial charge in [-0.15, -0.1) is 0 Å². The number of fused-ring (bicyclic) bond motifs is 1. The number of aromatic nitrogens is 2. The number of sulfonamides is 2. The molecule has 0 saturated heterocycles. The van der Waals surface area contributed by atoms with Gasteiger partial charge < -0.3 is 9.97 Å². The molecule has 0 radical (unpaired) electrons. The van der Waals surface area contributed by atoms with E-state index in [0.717, 1.165) is 12.8 Å². The molecule has 0 bridgehead atoms. The van der Waals surface area contributed by atoms with Gasteiger partial charge in [-0.3, -0.25) is 4.72 Å². The van der Waals surface area contributed by atoms with Crippen LogP contribution in [0, 0.1) is 0 Å². The summed E-state index contributed by atoms with van der Waals surface area (Å²) in [6, 6.07) is 9.69. The SMILES string of the molecule is O=c1[nH]c2ccc(S(=O)(=O)Nc3cccc(S(=O)(=O)NC4CC4)c3)cc2[nH]1. The van der Waals surface area contributed by atoms with Crippen LogP contribution in [0.1, 0.15) is 12.8 Å². The van der Waals surface area contributed by atoms with E-state index in [4.69, 9.17) is 0 Å². The molecule has 3 aromatic rings. The Kier molecular flexibility index (Phi) is 4.09. The van der Waals surface area contributed by atoms with Crippen molar-refractivity contribution in [1.29, 1.82) is 0 Å². The molecule has 1 saturated carbocycles. The van der Waals surface area contributed by atoms with Gasteiger partial charge in [0, 0.05) is 6.04 Å². The van der Waals surface area contributed by atoms with Crippen LogP contribution in [0.5, 0.6) is 0 Å². The van der Waals surface area contributed by atoms with Gasteiger partial charge in [0.2, 0.25) is 10.0 Å². The molecule has 4 N–H and O–H groups in total. The zero-order valence-corrected chi connectivity index (χ0v) is 15.5. The van der Waals surface area contributed by atoms with Crippen LogP contribution in [0.4, 0.5) is 5.69 Å². The summed E-state index contributed by atoms with van der Waals surface area (Å²) in [4.78, 5) is 16.3. The summed E-state index contributed by atoms with van der Waals surface area (Å²) < 4.78 is 54.7. The van der Waals surface area contributed by atoms with Crippen LogP contribution in [0.15, 0.2) is 57.1 Å². The number of anilines is 1. The summed E-state index contributed by atoms with van der Waals surface area (Å²) in [5.41, 5.74) is 0.524. The zero-order chi connectivity index (χ0) is 19.2. The highest BCUT2D eigenvalue weighted by Crippen LogP contribution is 2.24. The van der Waals surface area contributed by atoms with E-state index >= 15 is 0 Å². The average Bonchev–Trinajstić information content (AvgIpc) is 3.31. The summed E-state index contributed by atoms with van der Waals surface area (Å²) in [7, 11) is -7.66. The number of imidazole rings is 1. The molecule has 1 heterocycles. The second-order valence-electron chi connectivity index (χ2n) is 6.32. The molecule has 1 aliphatic carbocycles. The Labute approximate surface area is 154 Å². The lowest BCUT2D eigenvalue weighted by molar-refractivity contribution is 0.581. The minimum Gasteiger partial charge on any atom is -0.306 e. The Morgan fingerprint density at radius 3 is 2.30 bits per heavy atom. The van der Waals surface area contributed by atoms with Gasteiger partial charge in [-0.25, -0.2) is 26.4 Å². The van der Waals surface area contributed by atoms with Crippen molar-refractivity contribution < 1.29 is 16.8 Å². The molecular formula is C16H16N4O5S2. The summed E-state index contributed by atoms with van der Waals surface area (Å²) >= 11 is 0. The maximum atomic E-state index is 12.6. The van der Waals surface area contributed by atoms with Crippen LogP contribution in [0.2, 0.25) is 0 Å². The van der Waals surface area contributed by atoms with Crippen molar-refractivity contribution in [3.05, 3.63) is 52.9 Å². The first-order chi connectivity index (χ1) is 12.7. The second kappa shape index (κ2) is 6.22. The number of H-pyrrole nitrogens is 2. The lowest BCUT2D eigenvalue weighted by Gasteiger charge is -2.10. The van der Waals surface area contributed by atoms with Crippen LogP contribution in [-0.4, -0.2) is 32.8 Å². The van der Waals surface area contributed by atoms with Gasteiger partial charge in [0.1, 0.15) is 0 Å². The summed E-state index contributed by atoms with van der Waals surface area (Å²) in [5.74, 6) is 0. The van der Waals surface area contributed by atoms with Crippen molar-refractivity contribution >= 4 is 36.8 Å². The molecule has 0 amide bonds. The van der Waals surface area contributed by atoms with Crippen molar-refractivity contribution in [2.24, 2.45) is 0 Å². The standard InChI is InChI=1S/C16H16N4O5S2/c21-16-17-14-7-6-13(9-15(14)18-16)27(24,25)20-11-2-1-3-12(8-11)26(22,23)19-10-4-5-10/h1-3,6-10,19-20H,4-5H2,(H2,17,18,21). The van der Waals surface area contributed by atoms with Crippen molar-refractivity contribution in [2.45, 2.75) is 28.7 Å². The fraction of sp³-hybridized carbons (Fsp3) is 0.188. The smallest absolute Gasteiger partial charge is 0.306 e. The van der Waals surface area contributed by atoms with Gasteiger partial charge in [0.15, 0.2) is 0 Å². The van der Waals surface area contributed by atoms with Crippen LogP contribution in [-0.2, 0) is 20.0 Å². The highest BCUT2D eigenvalue weighted by molar-refractivity contribution is 7.92. The van der Waals surface area contributed by atoms with Crippen molar-refractivity contribution in [3.63, 3.8) is 0 Å². The van der Waals surface area contributed by atoms with Crippen LogP contribution >= 0.6 is 0 Å². The number of aromatic amines is 2. The molecule has 0 aliphatic heterocycles. The minimum atomic E-state index is -3.97. The lowest BCUT2D eigenvalue weighted by atomic mass is 10.3. The number of rotatable bonds is 6. The summed E-state index contributed by atoms with van der Waals surface area (Å²) in [6.07, 6.45) is 1.60. The molecular weight excluding hydrogens is 392 g/mol. The topological polar surface area (TPSA) is 141 Å². The Hall–Kier alpha value is -2.63. The van der Waals surface area contributed by atoms with E-state index < -0.39 is 25.7 Å². The van der Waals surface area contributed by atoms with Gasteiger partial charge in [-0.1, -0.05) is 6.07 Å². The van der Waals surface area contributed by atoms with Crippen LogP contribution in [0.25, 0.3) is 11.0 Å². The molecule has 4 rings (SSSR count). The number of hydrogen-bond donors (Lipinski definition) is 4. The molecule has 2 aromatic carbocycles. The Morgan fingerprint density at radius 1 is 0.852 bits per heavy atom. The quantitative estimate of drug-likeness (QED) is 0.483. The van der Waals surface area contributed by atoms with Crippen molar-refractivity contribution in [3.8, 4) is 0 Å². The lowest BCUT2D eigenvalue weighted by Crippen LogP contribution is -2.25. The van der Waals surface area contributed by atoms with Crippen LogP contribution in [0.3, 0.4) is 0 Å². The van der Waals surface area contributed by atoms with E-state index in [0.29, 0.717) is 11.0 Å². The number of benzene rings is 2. The third-order valence-electron chi connectivity index (χ3n) is 4.09. The van der Waals surface area contributed by atoms with Crippen molar-refractivity contribution in [1.82, 2.24) is 14.7 Å². The first-order valence-electron chi connectivity index (χ1n) is 8.10. The number of hydrogen-bond acceptors (Lipinski definition) is 5. The van der Waals surface area contributed by atoms with E-state index in [-0.39, 0.29) is 21.5 Å². The maximum absolute atomic E-state index is 12.6. The molecule has 9 nitrogen and oxygen atoms in total. The maximum Gasteiger partial charge on any atom is 0.323 e. The summed E-state index contributed by atoms with van der Waals surface area (Å²) in [6.45, 7) is 0. The Balaban J connectivity index is 1.63.